The summed E-state index contributed by atoms with van der Waals surface area (Å²) < 4.78 is 13.7. The van der Waals surface area contributed by atoms with Gasteiger partial charge in [-0.05, 0) is 19.8 Å². The van der Waals surface area contributed by atoms with E-state index >= 15 is 0 Å². The van der Waals surface area contributed by atoms with E-state index in [1.165, 1.54) is 4.68 Å². The Labute approximate surface area is 138 Å². The standard InChI is InChI=1S/C15H20N4O5/c1-9-10(12(20)19(3)18(9)2)16-17-11-13(21)23-15(24-14(11)22)7-5-4-6-8-15/h16H,4-8H2,1-3H3. The lowest BCUT2D eigenvalue weighted by atomic mass is 9.93. The first-order chi connectivity index (χ1) is 11.3. The lowest BCUT2D eigenvalue weighted by Crippen LogP contribution is -2.51. The Morgan fingerprint density at radius 2 is 1.58 bits per heavy atom. The summed E-state index contributed by atoms with van der Waals surface area (Å²) in [5, 5.41) is 3.76. The number of rotatable bonds is 2. The van der Waals surface area contributed by atoms with E-state index in [0.29, 0.717) is 18.5 Å². The molecule has 1 N–H and O–H groups in total. The first-order valence-electron chi connectivity index (χ1n) is 7.87. The van der Waals surface area contributed by atoms with E-state index in [0.717, 1.165) is 19.3 Å². The summed E-state index contributed by atoms with van der Waals surface area (Å²) in [4.78, 5) is 36.4. The van der Waals surface area contributed by atoms with E-state index in [9.17, 15) is 14.4 Å². The predicted molar refractivity (Wildman–Crippen MR) is 84.4 cm³/mol. The van der Waals surface area contributed by atoms with Crippen molar-refractivity contribution in [3.63, 3.8) is 0 Å². The average molecular weight is 336 g/mol. The number of esters is 2. The van der Waals surface area contributed by atoms with Gasteiger partial charge in [-0.3, -0.25) is 19.6 Å². The highest BCUT2D eigenvalue weighted by Crippen LogP contribution is 2.35. The highest BCUT2D eigenvalue weighted by molar-refractivity contribution is 6.63. The third-order valence-corrected chi connectivity index (χ3v) is 4.64. The van der Waals surface area contributed by atoms with Gasteiger partial charge in [0.2, 0.25) is 0 Å². The number of anilines is 1. The number of carbonyl (C=O) groups excluding carboxylic acids is 2. The van der Waals surface area contributed by atoms with Gasteiger partial charge in [0.05, 0.1) is 5.69 Å². The van der Waals surface area contributed by atoms with Gasteiger partial charge in [-0.25, -0.2) is 9.59 Å². The molecule has 1 aromatic rings. The molecule has 130 valence electrons. The lowest BCUT2D eigenvalue weighted by molar-refractivity contribution is -0.237. The minimum atomic E-state index is -1.15. The van der Waals surface area contributed by atoms with Gasteiger partial charge in [-0.2, -0.15) is 5.10 Å². The first kappa shape index (κ1) is 16.3. The zero-order valence-corrected chi connectivity index (χ0v) is 13.9. The largest absolute Gasteiger partial charge is 0.417 e. The first-order valence-corrected chi connectivity index (χ1v) is 7.87. The molecule has 0 atom stereocenters. The van der Waals surface area contributed by atoms with Gasteiger partial charge in [0.1, 0.15) is 5.69 Å². The quantitative estimate of drug-likeness (QED) is 0.625. The number of hydrogen-bond acceptors (Lipinski definition) is 7. The molecule has 1 spiro atoms. The van der Waals surface area contributed by atoms with Crippen LogP contribution in [0.1, 0.15) is 37.8 Å². The molecule has 0 amide bonds. The van der Waals surface area contributed by atoms with Crippen LogP contribution >= 0.6 is 0 Å². The maximum atomic E-state index is 12.2. The Morgan fingerprint density at radius 1 is 1.00 bits per heavy atom. The molecule has 1 aliphatic carbocycles. The molecule has 1 saturated heterocycles. The normalized spacial score (nSPS) is 19.9. The van der Waals surface area contributed by atoms with Crippen molar-refractivity contribution < 1.29 is 19.1 Å². The number of nitrogens with one attached hydrogen (secondary N) is 1. The van der Waals surface area contributed by atoms with Crippen LogP contribution in [0.25, 0.3) is 0 Å². The maximum absolute atomic E-state index is 12.2. The third kappa shape index (κ3) is 2.59. The molecule has 2 heterocycles. The molecule has 0 radical (unpaired) electrons. The lowest BCUT2D eigenvalue weighted by Gasteiger charge is -2.38. The number of aromatic nitrogens is 2. The smallest absolute Gasteiger partial charge is 0.369 e. The van der Waals surface area contributed by atoms with Crippen LogP contribution in [0.2, 0.25) is 0 Å². The summed E-state index contributed by atoms with van der Waals surface area (Å²) >= 11 is 0. The fraction of sp³-hybridized carbons (Fsp3) is 0.600. The molecule has 0 unspecified atom stereocenters. The van der Waals surface area contributed by atoms with Crippen molar-refractivity contribution in [1.29, 1.82) is 0 Å². The van der Waals surface area contributed by atoms with E-state index < -0.39 is 23.4 Å². The van der Waals surface area contributed by atoms with Gasteiger partial charge >= 0.3 is 11.9 Å². The highest BCUT2D eigenvalue weighted by Gasteiger charge is 2.47. The van der Waals surface area contributed by atoms with Gasteiger partial charge in [0.25, 0.3) is 17.1 Å². The monoisotopic (exact) mass is 336 g/mol. The van der Waals surface area contributed by atoms with Crippen molar-refractivity contribution >= 4 is 23.3 Å². The number of hydrogen-bond donors (Lipinski definition) is 1. The molecule has 1 aromatic heterocycles. The van der Waals surface area contributed by atoms with E-state index in [1.807, 2.05) is 0 Å². The summed E-state index contributed by atoms with van der Waals surface area (Å²) in [7, 11) is 3.31. The Balaban J connectivity index is 1.82. The molecule has 24 heavy (non-hydrogen) atoms. The van der Waals surface area contributed by atoms with Crippen molar-refractivity contribution in [2.45, 2.75) is 44.8 Å². The number of nitrogens with zero attached hydrogens (tertiary/aromatic N) is 3. The summed E-state index contributed by atoms with van der Waals surface area (Å²) in [6.07, 6.45) is 3.71. The Morgan fingerprint density at radius 3 is 2.08 bits per heavy atom. The molecule has 9 heteroatoms. The molecule has 9 nitrogen and oxygen atoms in total. The highest BCUT2D eigenvalue weighted by atomic mass is 16.7. The average Bonchev–Trinajstić information content (AvgIpc) is 2.72. The summed E-state index contributed by atoms with van der Waals surface area (Å²) in [5.74, 6) is -2.80. The van der Waals surface area contributed by atoms with Gasteiger partial charge in [-0.1, -0.05) is 6.42 Å². The fourth-order valence-corrected chi connectivity index (χ4v) is 3.00. The second-order valence-electron chi connectivity index (χ2n) is 6.14. The van der Waals surface area contributed by atoms with Gasteiger partial charge in [0, 0.05) is 26.9 Å². The van der Waals surface area contributed by atoms with Crippen LogP contribution in [0.15, 0.2) is 9.90 Å². The van der Waals surface area contributed by atoms with E-state index in [2.05, 4.69) is 10.5 Å². The molecule has 0 aromatic carbocycles. The predicted octanol–water partition coefficient (Wildman–Crippen LogP) is 0.561. The Bertz CT molecular complexity index is 761. The second kappa shape index (κ2) is 5.81. The van der Waals surface area contributed by atoms with E-state index in [-0.39, 0.29) is 11.2 Å². The Kier molecular flexibility index (Phi) is 3.94. The number of carbonyl (C=O) groups is 2. The van der Waals surface area contributed by atoms with Crippen LogP contribution < -0.4 is 11.0 Å². The number of ether oxygens (including phenoxy) is 2. The Hall–Kier alpha value is -2.58. The maximum Gasteiger partial charge on any atom is 0.369 e. The second-order valence-corrected chi connectivity index (χ2v) is 6.14. The van der Waals surface area contributed by atoms with Crippen molar-refractivity contribution in [3.8, 4) is 0 Å². The molecule has 0 bridgehead atoms. The summed E-state index contributed by atoms with van der Waals surface area (Å²) in [5.41, 5.74) is 2.49. The van der Waals surface area contributed by atoms with Gasteiger partial charge in [-0.15, -0.1) is 0 Å². The van der Waals surface area contributed by atoms with Crippen LogP contribution in [-0.4, -0.2) is 32.8 Å². The minimum absolute atomic E-state index is 0.186. The van der Waals surface area contributed by atoms with E-state index in [1.54, 1.807) is 25.7 Å². The zero-order valence-electron chi connectivity index (χ0n) is 13.9. The van der Waals surface area contributed by atoms with Crippen LogP contribution in [0.4, 0.5) is 5.69 Å². The SMILES string of the molecule is Cc1c(NN=C2C(=O)OC3(CCCCC3)OC2=O)c(=O)n(C)n1C. The van der Waals surface area contributed by atoms with Crippen molar-refractivity contribution in [1.82, 2.24) is 9.36 Å². The molecular weight excluding hydrogens is 316 g/mol. The fourth-order valence-electron chi connectivity index (χ4n) is 3.00. The summed E-state index contributed by atoms with van der Waals surface area (Å²) in [6, 6.07) is 0. The topological polar surface area (TPSA) is 104 Å². The van der Waals surface area contributed by atoms with Gasteiger partial charge in [0.15, 0.2) is 0 Å². The molecule has 2 fully saturated rings. The van der Waals surface area contributed by atoms with E-state index in [4.69, 9.17) is 9.47 Å². The van der Waals surface area contributed by atoms with Crippen molar-refractivity contribution in [3.05, 3.63) is 16.0 Å². The third-order valence-electron chi connectivity index (χ3n) is 4.64. The molecular formula is C15H20N4O5. The molecule has 2 aliphatic rings. The zero-order chi connectivity index (χ0) is 17.5. The summed E-state index contributed by atoms with van der Waals surface area (Å²) in [6.45, 7) is 1.72. The minimum Gasteiger partial charge on any atom is -0.417 e. The van der Waals surface area contributed by atoms with Crippen LogP contribution in [0, 0.1) is 6.92 Å². The molecule has 1 aliphatic heterocycles. The van der Waals surface area contributed by atoms with Crippen LogP contribution in [-0.2, 0) is 33.2 Å². The van der Waals surface area contributed by atoms with Crippen molar-refractivity contribution in [2.75, 3.05) is 5.43 Å². The van der Waals surface area contributed by atoms with Crippen LogP contribution in [0.3, 0.4) is 0 Å². The number of hydrazone groups is 1. The van der Waals surface area contributed by atoms with Crippen LogP contribution in [0.5, 0.6) is 0 Å². The van der Waals surface area contributed by atoms with Gasteiger partial charge < -0.3 is 9.47 Å². The molecule has 1 saturated carbocycles. The molecule has 3 rings (SSSR count). The van der Waals surface area contributed by atoms with Crippen molar-refractivity contribution in [2.24, 2.45) is 19.2 Å².